The number of hydrogen-bond donors (Lipinski definition) is 0. The zero-order chi connectivity index (χ0) is 13.0. The number of nitrogens with zero attached hydrogens (tertiary/aromatic N) is 2. The smallest absolute Gasteiger partial charge is 0.154 e. The average Bonchev–Trinajstić information content (AvgIpc) is 2.34. The SMILES string of the molecule is COCCOCc1ncc2c(n1)CCC(C)(C)C2. The molecule has 0 spiro atoms. The van der Waals surface area contributed by atoms with Crippen molar-refractivity contribution in [3.05, 3.63) is 23.3 Å². The number of aryl methyl sites for hydroxylation is 1. The molecule has 0 saturated carbocycles. The molecule has 0 radical (unpaired) electrons. The summed E-state index contributed by atoms with van der Waals surface area (Å²) in [7, 11) is 1.67. The van der Waals surface area contributed by atoms with Gasteiger partial charge in [-0.15, -0.1) is 0 Å². The molecule has 0 bridgehead atoms. The maximum Gasteiger partial charge on any atom is 0.154 e. The molecule has 0 aliphatic heterocycles. The topological polar surface area (TPSA) is 44.2 Å². The lowest BCUT2D eigenvalue weighted by molar-refractivity contribution is 0.0584. The van der Waals surface area contributed by atoms with Gasteiger partial charge in [0.15, 0.2) is 5.82 Å². The van der Waals surface area contributed by atoms with Crippen molar-refractivity contribution in [2.45, 2.75) is 39.7 Å². The summed E-state index contributed by atoms with van der Waals surface area (Å²) in [5.41, 5.74) is 2.88. The van der Waals surface area contributed by atoms with E-state index in [1.54, 1.807) is 7.11 Å². The zero-order valence-corrected chi connectivity index (χ0v) is 11.5. The minimum absolute atomic E-state index is 0.382. The second-order valence-electron chi connectivity index (χ2n) is 5.64. The highest BCUT2D eigenvalue weighted by Gasteiger charge is 2.26. The third kappa shape index (κ3) is 3.50. The Hall–Kier alpha value is -1.00. The van der Waals surface area contributed by atoms with Crippen LogP contribution in [0.3, 0.4) is 0 Å². The highest BCUT2D eigenvalue weighted by Crippen LogP contribution is 2.33. The first-order valence-corrected chi connectivity index (χ1v) is 6.51. The minimum Gasteiger partial charge on any atom is -0.382 e. The highest BCUT2D eigenvalue weighted by atomic mass is 16.5. The maximum absolute atomic E-state index is 5.44. The van der Waals surface area contributed by atoms with Crippen LogP contribution >= 0.6 is 0 Å². The summed E-state index contributed by atoms with van der Waals surface area (Å²) in [6, 6.07) is 0. The lowest BCUT2D eigenvalue weighted by Crippen LogP contribution is -2.23. The molecule has 0 atom stereocenters. The van der Waals surface area contributed by atoms with Crippen molar-refractivity contribution in [2.24, 2.45) is 5.41 Å². The second-order valence-corrected chi connectivity index (χ2v) is 5.64. The summed E-state index contributed by atoms with van der Waals surface area (Å²) in [5, 5.41) is 0. The van der Waals surface area contributed by atoms with E-state index in [0.29, 0.717) is 25.2 Å². The van der Waals surface area contributed by atoms with E-state index in [1.807, 2.05) is 6.20 Å². The summed E-state index contributed by atoms with van der Waals surface area (Å²) < 4.78 is 10.4. The van der Waals surface area contributed by atoms with Crippen LogP contribution in [0.1, 0.15) is 37.4 Å². The molecule has 0 N–H and O–H groups in total. The van der Waals surface area contributed by atoms with Crippen molar-refractivity contribution in [1.29, 1.82) is 0 Å². The van der Waals surface area contributed by atoms with Gasteiger partial charge in [-0.05, 0) is 30.2 Å². The summed E-state index contributed by atoms with van der Waals surface area (Å²) >= 11 is 0. The van der Waals surface area contributed by atoms with Gasteiger partial charge in [0.2, 0.25) is 0 Å². The Bertz CT molecular complexity index is 405. The van der Waals surface area contributed by atoms with Crippen molar-refractivity contribution in [2.75, 3.05) is 20.3 Å². The number of ether oxygens (including phenoxy) is 2. The molecule has 0 saturated heterocycles. The Labute approximate surface area is 109 Å². The molecule has 0 amide bonds. The Morgan fingerprint density at radius 2 is 2.17 bits per heavy atom. The van der Waals surface area contributed by atoms with Gasteiger partial charge < -0.3 is 9.47 Å². The normalized spacial score (nSPS) is 17.5. The van der Waals surface area contributed by atoms with E-state index in [-0.39, 0.29) is 0 Å². The minimum atomic E-state index is 0.382. The third-order valence-corrected chi connectivity index (χ3v) is 3.37. The molecule has 18 heavy (non-hydrogen) atoms. The van der Waals surface area contributed by atoms with Gasteiger partial charge in [-0.1, -0.05) is 13.8 Å². The van der Waals surface area contributed by atoms with Crippen LogP contribution in [0.2, 0.25) is 0 Å². The van der Waals surface area contributed by atoms with Crippen LogP contribution in [0.15, 0.2) is 6.20 Å². The molecule has 0 unspecified atom stereocenters. The van der Waals surface area contributed by atoms with Crippen molar-refractivity contribution in [3.63, 3.8) is 0 Å². The van der Waals surface area contributed by atoms with Gasteiger partial charge in [0.05, 0.1) is 13.2 Å². The van der Waals surface area contributed by atoms with Gasteiger partial charge in [0, 0.05) is 19.0 Å². The monoisotopic (exact) mass is 250 g/mol. The fourth-order valence-electron chi connectivity index (χ4n) is 2.28. The zero-order valence-electron chi connectivity index (χ0n) is 11.5. The van der Waals surface area contributed by atoms with E-state index < -0.39 is 0 Å². The number of rotatable bonds is 5. The predicted molar refractivity (Wildman–Crippen MR) is 69.4 cm³/mol. The molecule has 4 heteroatoms. The fraction of sp³-hybridized carbons (Fsp3) is 0.714. The number of aromatic nitrogens is 2. The number of methoxy groups -OCH3 is 1. The Morgan fingerprint density at radius 1 is 1.33 bits per heavy atom. The Kier molecular flexibility index (Phi) is 4.30. The molecular weight excluding hydrogens is 228 g/mol. The van der Waals surface area contributed by atoms with Crippen LogP contribution in [0.4, 0.5) is 0 Å². The first kappa shape index (κ1) is 13.4. The number of hydrogen-bond acceptors (Lipinski definition) is 4. The summed E-state index contributed by atoms with van der Waals surface area (Å²) in [4.78, 5) is 8.98. The molecule has 1 aromatic heterocycles. The third-order valence-electron chi connectivity index (χ3n) is 3.37. The van der Waals surface area contributed by atoms with Crippen LogP contribution in [0, 0.1) is 5.41 Å². The number of fused-ring (bicyclic) bond motifs is 1. The molecule has 2 rings (SSSR count). The van der Waals surface area contributed by atoms with Crippen molar-refractivity contribution in [3.8, 4) is 0 Å². The Balaban J connectivity index is 1.96. The van der Waals surface area contributed by atoms with Crippen LogP contribution in [-0.4, -0.2) is 30.3 Å². The summed E-state index contributed by atoms with van der Waals surface area (Å²) in [5.74, 6) is 0.782. The van der Waals surface area contributed by atoms with Gasteiger partial charge in [0.1, 0.15) is 6.61 Å². The van der Waals surface area contributed by atoms with Gasteiger partial charge in [-0.25, -0.2) is 9.97 Å². The van der Waals surface area contributed by atoms with E-state index in [4.69, 9.17) is 9.47 Å². The molecule has 0 aromatic carbocycles. The average molecular weight is 250 g/mol. The van der Waals surface area contributed by atoms with Crippen LogP contribution in [-0.2, 0) is 28.9 Å². The quantitative estimate of drug-likeness (QED) is 0.751. The first-order valence-electron chi connectivity index (χ1n) is 6.51. The van der Waals surface area contributed by atoms with Crippen molar-refractivity contribution in [1.82, 2.24) is 9.97 Å². The van der Waals surface area contributed by atoms with Crippen LogP contribution in [0.25, 0.3) is 0 Å². The molecular formula is C14H22N2O2. The lowest BCUT2D eigenvalue weighted by atomic mass is 9.76. The molecule has 1 aliphatic carbocycles. The van der Waals surface area contributed by atoms with Crippen molar-refractivity contribution >= 4 is 0 Å². The van der Waals surface area contributed by atoms with Gasteiger partial charge in [0.25, 0.3) is 0 Å². The molecule has 1 aliphatic rings. The van der Waals surface area contributed by atoms with Gasteiger partial charge >= 0.3 is 0 Å². The van der Waals surface area contributed by atoms with E-state index in [0.717, 1.165) is 18.7 Å². The standard InChI is InChI=1S/C14H22N2O2/c1-14(2)5-4-12-11(8-14)9-15-13(16-12)10-18-7-6-17-3/h9H,4-8,10H2,1-3H3. The van der Waals surface area contributed by atoms with Crippen molar-refractivity contribution < 1.29 is 9.47 Å². The van der Waals surface area contributed by atoms with Crippen LogP contribution < -0.4 is 0 Å². The molecule has 1 aromatic rings. The fourth-order valence-corrected chi connectivity index (χ4v) is 2.28. The first-order chi connectivity index (χ1) is 8.61. The van der Waals surface area contributed by atoms with E-state index >= 15 is 0 Å². The molecule has 0 fully saturated rings. The molecule has 1 heterocycles. The predicted octanol–water partition coefficient (Wildman–Crippen LogP) is 2.15. The summed E-state index contributed by atoms with van der Waals surface area (Å²) in [6.45, 7) is 6.28. The summed E-state index contributed by atoms with van der Waals surface area (Å²) in [6.07, 6.45) is 5.29. The van der Waals surface area contributed by atoms with E-state index in [1.165, 1.54) is 17.7 Å². The largest absolute Gasteiger partial charge is 0.382 e. The van der Waals surface area contributed by atoms with E-state index in [9.17, 15) is 0 Å². The Morgan fingerprint density at radius 3 is 2.94 bits per heavy atom. The second kappa shape index (κ2) is 5.76. The van der Waals surface area contributed by atoms with Gasteiger partial charge in [-0.3, -0.25) is 0 Å². The van der Waals surface area contributed by atoms with Crippen LogP contribution in [0.5, 0.6) is 0 Å². The van der Waals surface area contributed by atoms with E-state index in [2.05, 4.69) is 23.8 Å². The lowest BCUT2D eigenvalue weighted by Gasteiger charge is -2.30. The maximum atomic E-state index is 5.44. The molecule has 100 valence electrons. The highest BCUT2D eigenvalue weighted by molar-refractivity contribution is 5.22. The van der Waals surface area contributed by atoms with Gasteiger partial charge in [-0.2, -0.15) is 0 Å². The molecule has 4 nitrogen and oxygen atoms in total.